The van der Waals surface area contributed by atoms with Gasteiger partial charge in [0, 0.05) is 23.9 Å². The van der Waals surface area contributed by atoms with Crippen LogP contribution in [-0.4, -0.2) is 59.8 Å². The minimum Gasteiger partial charge on any atom is -0.377 e. The van der Waals surface area contributed by atoms with Crippen LogP contribution >= 0.6 is 0 Å². The summed E-state index contributed by atoms with van der Waals surface area (Å²) < 4.78 is 32.8. The number of aromatic amines is 1. The van der Waals surface area contributed by atoms with E-state index >= 15 is 0 Å². The summed E-state index contributed by atoms with van der Waals surface area (Å²) in [6, 6.07) is 7.69. The van der Waals surface area contributed by atoms with Gasteiger partial charge in [-0.25, -0.2) is 17.9 Å². The Morgan fingerprint density at radius 2 is 2.03 bits per heavy atom. The van der Waals surface area contributed by atoms with E-state index < -0.39 is 16.1 Å². The van der Waals surface area contributed by atoms with E-state index in [0.29, 0.717) is 35.8 Å². The van der Waals surface area contributed by atoms with Crippen LogP contribution in [0.15, 0.2) is 35.1 Å². The first-order valence-corrected chi connectivity index (χ1v) is 11.6. The van der Waals surface area contributed by atoms with Crippen LogP contribution < -0.4 is 10.3 Å². The molecule has 0 aliphatic carbocycles. The molecule has 2 aromatic heterocycles. The van der Waals surface area contributed by atoms with Crippen molar-refractivity contribution in [2.75, 3.05) is 30.7 Å². The number of morpholine rings is 1. The zero-order chi connectivity index (χ0) is 22.3. The molecule has 1 atom stereocenters. The number of hydrogen-bond acceptors (Lipinski definition) is 6. The molecule has 31 heavy (non-hydrogen) atoms. The van der Waals surface area contributed by atoms with Crippen LogP contribution in [-0.2, 0) is 14.8 Å². The number of hydrogen-bond donors (Lipinski definition) is 2. The number of benzene rings is 1. The highest BCUT2D eigenvalue weighted by Crippen LogP contribution is 2.28. The molecule has 1 fully saturated rings. The van der Waals surface area contributed by atoms with Crippen LogP contribution in [0, 0.1) is 13.8 Å². The van der Waals surface area contributed by atoms with Crippen LogP contribution in [0.2, 0.25) is 0 Å². The van der Waals surface area contributed by atoms with Gasteiger partial charge in [0.1, 0.15) is 0 Å². The molecule has 0 radical (unpaired) electrons. The minimum atomic E-state index is -3.56. The van der Waals surface area contributed by atoms with Crippen LogP contribution in [0.5, 0.6) is 0 Å². The third-order valence-electron chi connectivity index (χ3n) is 5.30. The third-order valence-corrected chi connectivity index (χ3v) is 5.90. The number of ether oxygens (including phenoxy) is 1. The Bertz CT molecular complexity index is 1330. The molecular formula is C20H23N5O5S. The molecule has 3 heterocycles. The lowest BCUT2D eigenvalue weighted by atomic mass is 10.1. The van der Waals surface area contributed by atoms with Crippen molar-refractivity contribution >= 4 is 27.3 Å². The number of para-hydroxylation sites is 1. The standard InChI is InChI=1S/C20H23N5O5S/c1-12-13(2)21-18-10-16(22-25(18)19(12)26)17-11-30-9-8-24(17)20(27)14-6-4-5-7-15(14)23-31(3,28)29/h4-7,10,17,22-23H,8-9,11H2,1-3H3/t17-/m0/s1. The largest absolute Gasteiger partial charge is 0.377 e. The monoisotopic (exact) mass is 445 g/mol. The topological polar surface area (TPSA) is 126 Å². The molecular weight excluding hydrogens is 422 g/mol. The fourth-order valence-corrected chi connectivity index (χ4v) is 4.20. The summed E-state index contributed by atoms with van der Waals surface area (Å²) in [7, 11) is -3.56. The lowest BCUT2D eigenvalue weighted by Crippen LogP contribution is -2.43. The molecule has 10 nitrogen and oxygen atoms in total. The molecule has 2 N–H and O–H groups in total. The Labute approximate surface area is 178 Å². The fraction of sp³-hybridized carbons (Fsp3) is 0.350. The van der Waals surface area contributed by atoms with Crippen molar-refractivity contribution < 1.29 is 17.9 Å². The van der Waals surface area contributed by atoms with Gasteiger partial charge in [0.05, 0.1) is 42.5 Å². The smallest absolute Gasteiger partial charge is 0.275 e. The summed E-state index contributed by atoms with van der Waals surface area (Å²) in [6.07, 6.45) is 1.03. The second-order valence-corrected chi connectivity index (χ2v) is 9.29. The summed E-state index contributed by atoms with van der Waals surface area (Å²) in [4.78, 5) is 32.0. The Morgan fingerprint density at radius 1 is 1.29 bits per heavy atom. The van der Waals surface area contributed by atoms with Crippen molar-refractivity contribution in [3.05, 3.63) is 63.2 Å². The molecule has 4 rings (SSSR count). The van der Waals surface area contributed by atoms with E-state index in [4.69, 9.17) is 4.74 Å². The van der Waals surface area contributed by atoms with Crippen molar-refractivity contribution in [2.45, 2.75) is 19.9 Å². The third kappa shape index (κ3) is 4.06. The summed E-state index contributed by atoms with van der Waals surface area (Å²) in [5, 5.41) is 3.05. The van der Waals surface area contributed by atoms with Crippen LogP contribution in [0.25, 0.3) is 5.65 Å². The summed E-state index contributed by atoms with van der Waals surface area (Å²) in [6.45, 7) is 4.37. The van der Waals surface area contributed by atoms with E-state index in [1.807, 2.05) is 0 Å². The van der Waals surface area contributed by atoms with Gasteiger partial charge in [0.15, 0.2) is 5.65 Å². The van der Waals surface area contributed by atoms with Gasteiger partial charge in [-0.1, -0.05) is 12.1 Å². The highest BCUT2D eigenvalue weighted by Gasteiger charge is 2.32. The predicted molar refractivity (Wildman–Crippen MR) is 115 cm³/mol. The first-order chi connectivity index (χ1) is 14.7. The second-order valence-electron chi connectivity index (χ2n) is 7.54. The number of H-pyrrole nitrogens is 1. The molecule has 164 valence electrons. The quantitative estimate of drug-likeness (QED) is 0.622. The maximum absolute atomic E-state index is 13.4. The van der Waals surface area contributed by atoms with Gasteiger partial charge < -0.3 is 9.64 Å². The molecule has 1 amide bonds. The SMILES string of the molecule is Cc1nc2cc([C@@H]3COCCN3C(=O)c3ccccc3NS(C)(=O)=O)[nH]n2c(=O)c1C. The highest BCUT2D eigenvalue weighted by molar-refractivity contribution is 7.92. The Balaban J connectivity index is 1.74. The Kier molecular flexibility index (Phi) is 5.31. The van der Waals surface area contributed by atoms with E-state index in [9.17, 15) is 18.0 Å². The van der Waals surface area contributed by atoms with Crippen molar-refractivity contribution in [2.24, 2.45) is 0 Å². The van der Waals surface area contributed by atoms with Crippen molar-refractivity contribution in [1.82, 2.24) is 19.5 Å². The van der Waals surface area contributed by atoms with Gasteiger partial charge in [-0.05, 0) is 26.0 Å². The Morgan fingerprint density at radius 3 is 2.77 bits per heavy atom. The summed E-state index contributed by atoms with van der Waals surface area (Å²) >= 11 is 0. The zero-order valence-electron chi connectivity index (χ0n) is 17.4. The molecule has 1 aliphatic heterocycles. The maximum Gasteiger partial charge on any atom is 0.275 e. The summed E-state index contributed by atoms with van der Waals surface area (Å²) in [5.41, 5.74) is 2.49. The van der Waals surface area contributed by atoms with Crippen LogP contribution in [0.1, 0.15) is 33.4 Å². The number of amides is 1. The number of nitrogens with one attached hydrogen (secondary N) is 2. The number of anilines is 1. The number of carbonyl (C=O) groups is 1. The van der Waals surface area contributed by atoms with E-state index in [1.54, 1.807) is 49.1 Å². The van der Waals surface area contributed by atoms with Gasteiger partial charge in [0.2, 0.25) is 10.0 Å². The van der Waals surface area contributed by atoms with Gasteiger partial charge in [0.25, 0.3) is 11.5 Å². The minimum absolute atomic E-state index is 0.203. The predicted octanol–water partition coefficient (Wildman–Crippen LogP) is 1.22. The van der Waals surface area contributed by atoms with E-state index in [1.165, 1.54) is 4.52 Å². The molecule has 3 aromatic rings. The first-order valence-electron chi connectivity index (χ1n) is 9.70. The van der Waals surface area contributed by atoms with Gasteiger partial charge in [-0.3, -0.25) is 19.4 Å². The fourth-order valence-electron chi connectivity index (χ4n) is 3.63. The molecule has 1 saturated heterocycles. The van der Waals surface area contributed by atoms with Gasteiger partial charge in [-0.2, -0.15) is 0 Å². The summed E-state index contributed by atoms with van der Waals surface area (Å²) in [5.74, 6) is -0.341. The molecule has 0 bridgehead atoms. The number of aromatic nitrogens is 3. The van der Waals surface area contributed by atoms with E-state index in [2.05, 4.69) is 14.8 Å². The number of nitrogens with zero attached hydrogens (tertiary/aromatic N) is 3. The second kappa shape index (κ2) is 7.82. The van der Waals surface area contributed by atoms with Gasteiger partial charge >= 0.3 is 0 Å². The number of fused-ring (bicyclic) bond motifs is 1. The number of aryl methyl sites for hydroxylation is 1. The lowest BCUT2D eigenvalue weighted by Gasteiger charge is -2.35. The van der Waals surface area contributed by atoms with Crippen molar-refractivity contribution in [3.8, 4) is 0 Å². The molecule has 0 spiro atoms. The molecule has 11 heteroatoms. The van der Waals surface area contributed by atoms with Crippen LogP contribution in [0.4, 0.5) is 5.69 Å². The molecule has 0 saturated carbocycles. The number of carbonyl (C=O) groups excluding carboxylic acids is 1. The molecule has 1 aromatic carbocycles. The van der Waals surface area contributed by atoms with Crippen molar-refractivity contribution in [3.63, 3.8) is 0 Å². The lowest BCUT2D eigenvalue weighted by molar-refractivity contribution is -0.00391. The zero-order valence-corrected chi connectivity index (χ0v) is 18.2. The molecule has 0 unspecified atom stereocenters. The maximum atomic E-state index is 13.4. The first kappa shape index (κ1) is 21.1. The normalized spacial score (nSPS) is 17.1. The van der Waals surface area contributed by atoms with Crippen LogP contribution in [0.3, 0.4) is 0 Å². The number of rotatable bonds is 4. The average molecular weight is 446 g/mol. The van der Waals surface area contributed by atoms with Crippen molar-refractivity contribution in [1.29, 1.82) is 0 Å². The van der Waals surface area contributed by atoms with E-state index in [0.717, 1.165) is 6.26 Å². The highest BCUT2D eigenvalue weighted by atomic mass is 32.2. The average Bonchev–Trinajstić information content (AvgIpc) is 3.15. The molecule has 1 aliphatic rings. The Hall–Kier alpha value is -3.18. The van der Waals surface area contributed by atoms with E-state index in [-0.39, 0.29) is 29.3 Å². The van der Waals surface area contributed by atoms with Gasteiger partial charge in [-0.15, -0.1) is 0 Å². The number of sulfonamides is 1.